The van der Waals surface area contributed by atoms with Gasteiger partial charge in [0.25, 0.3) is 0 Å². The lowest BCUT2D eigenvalue weighted by atomic mass is 10.1. The molecule has 0 saturated heterocycles. The van der Waals surface area contributed by atoms with E-state index in [0.717, 1.165) is 18.8 Å². The molecule has 19 heavy (non-hydrogen) atoms. The van der Waals surface area contributed by atoms with E-state index >= 15 is 0 Å². The summed E-state index contributed by atoms with van der Waals surface area (Å²) >= 11 is 0. The number of para-hydroxylation sites is 1. The number of hydrogen-bond acceptors (Lipinski definition) is 3. The standard InChI is InChI=1S/C16H27NO2/c1-12(2)19-16-9-7-6-8-15(16)14(4)17-13(3)10-11-18-5/h6-9,12-14,17H,10-11H2,1-5H3. The number of rotatable bonds is 8. The highest BCUT2D eigenvalue weighted by Gasteiger charge is 2.14. The quantitative estimate of drug-likeness (QED) is 0.779. The summed E-state index contributed by atoms with van der Waals surface area (Å²) in [5.74, 6) is 0.969. The van der Waals surface area contributed by atoms with Gasteiger partial charge in [-0.15, -0.1) is 0 Å². The Morgan fingerprint density at radius 2 is 1.79 bits per heavy atom. The van der Waals surface area contributed by atoms with Gasteiger partial charge in [0.15, 0.2) is 0 Å². The lowest BCUT2D eigenvalue weighted by molar-refractivity contribution is 0.182. The maximum atomic E-state index is 5.86. The summed E-state index contributed by atoms with van der Waals surface area (Å²) in [4.78, 5) is 0. The molecular formula is C16H27NO2. The Bertz CT molecular complexity index is 366. The molecule has 0 aliphatic heterocycles. The van der Waals surface area contributed by atoms with E-state index in [1.54, 1.807) is 7.11 Å². The monoisotopic (exact) mass is 265 g/mol. The van der Waals surface area contributed by atoms with Crippen LogP contribution in [-0.4, -0.2) is 25.9 Å². The van der Waals surface area contributed by atoms with Crippen LogP contribution in [0, 0.1) is 0 Å². The van der Waals surface area contributed by atoms with E-state index in [0.29, 0.717) is 6.04 Å². The molecule has 0 bridgehead atoms. The van der Waals surface area contributed by atoms with Crippen molar-refractivity contribution in [2.24, 2.45) is 0 Å². The van der Waals surface area contributed by atoms with Gasteiger partial charge in [-0.05, 0) is 40.2 Å². The van der Waals surface area contributed by atoms with E-state index in [1.165, 1.54) is 5.56 Å². The molecule has 1 N–H and O–H groups in total. The lowest BCUT2D eigenvalue weighted by Gasteiger charge is -2.23. The molecule has 0 amide bonds. The van der Waals surface area contributed by atoms with Crippen LogP contribution in [0.15, 0.2) is 24.3 Å². The predicted octanol–water partition coefficient (Wildman–Crippen LogP) is 3.55. The van der Waals surface area contributed by atoms with Crippen molar-refractivity contribution in [2.75, 3.05) is 13.7 Å². The van der Waals surface area contributed by atoms with Crippen molar-refractivity contribution in [1.29, 1.82) is 0 Å². The van der Waals surface area contributed by atoms with Crippen LogP contribution in [0.3, 0.4) is 0 Å². The number of nitrogens with one attached hydrogen (secondary N) is 1. The van der Waals surface area contributed by atoms with E-state index in [2.05, 4.69) is 45.1 Å². The van der Waals surface area contributed by atoms with E-state index in [-0.39, 0.29) is 12.1 Å². The number of hydrogen-bond donors (Lipinski definition) is 1. The molecule has 0 spiro atoms. The second kappa shape index (κ2) is 8.18. The van der Waals surface area contributed by atoms with Crippen molar-refractivity contribution >= 4 is 0 Å². The third-order valence-electron chi connectivity index (χ3n) is 3.04. The molecule has 1 aromatic carbocycles. The molecule has 0 radical (unpaired) electrons. The summed E-state index contributed by atoms with van der Waals surface area (Å²) in [5, 5.41) is 3.58. The summed E-state index contributed by atoms with van der Waals surface area (Å²) in [5.41, 5.74) is 1.21. The van der Waals surface area contributed by atoms with Gasteiger partial charge in [-0.25, -0.2) is 0 Å². The highest BCUT2D eigenvalue weighted by atomic mass is 16.5. The van der Waals surface area contributed by atoms with Crippen LogP contribution < -0.4 is 10.1 Å². The first kappa shape index (κ1) is 16.0. The zero-order valence-electron chi connectivity index (χ0n) is 12.8. The lowest BCUT2D eigenvalue weighted by Crippen LogP contribution is -2.30. The zero-order chi connectivity index (χ0) is 14.3. The molecule has 108 valence electrons. The maximum Gasteiger partial charge on any atom is 0.124 e. The Hall–Kier alpha value is -1.06. The van der Waals surface area contributed by atoms with Crippen LogP contribution in [0.25, 0.3) is 0 Å². The fraction of sp³-hybridized carbons (Fsp3) is 0.625. The fourth-order valence-corrected chi connectivity index (χ4v) is 2.09. The minimum atomic E-state index is 0.194. The van der Waals surface area contributed by atoms with Gasteiger partial charge in [0, 0.05) is 31.4 Å². The molecule has 1 rings (SSSR count). The molecular weight excluding hydrogens is 238 g/mol. The molecule has 0 aromatic heterocycles. The van der Waals surface area contributed by atoms with Crippen LogP contribution >= 0.6 is 0 Å². The smallest absolute Gasteiger partial charge is 0.124 e. The fourth-order valence-electron chi connectivity index (χ4n) is 2.09. The molecule has 2 atom stereocenters. The maximum absolute atomic E-state index is 5.86. The molecule has 2 unspecified atom stereocenters. The summed E-state index contributed by atoms with van der Waals surface area (Å²) in [7, 11) is 1.74. The normalized spacial score (nSPS) is 14.4. The Morgan fingerprint density at radius 1 is 1.11 bits per heavy atom. The van der Waals surface area contributed by atoms with Gasteiger partial charge in [0.05, 0.1) is 6.10 Å². The van der Waals surface area contributed by atoms with Crippen LogP contribution in [-0.2, 0) is 4.74 Å². The number of benzene rings is 1. The van der Waals surface area contributed by atoms with Crippen molar-refractivity contribution in [2.45, 2.75) is 52.3 Å². The van der Waals surface area contributed by atoms with Gasteiger partial charge >= 0.3 is 0 Å². The third-order valence-corrected chi connectivity index (χ3v) is 3.04. The summed E-state index contributed by atoms with van der Waals surface area (Å²) in [6.45, 7) is 9.24. The Labute approximate surface area is 117 Å². The second-order valence-corrected chi connectivity index (χ2v) is 5.28. The molecule has 0 saturated carbocycles. The average molecular weight is 265 g/mol. The van der Waals surface area contributed by atoms with Gasteiger partial charge in [0.1, 0.15) is 5.75 Å². The molecule has 1 aromatic rings. The van der Waals surface area contributed by atoms with Crippen molar-refractivity contribution in [3.63, 3.8) is 0 Å². The first-order valence-corrected chi connectivity index (χ1v) is 7.05. The summed E-state index contributed by atoms with van der Waals surface area (Å²) in [6, 6.07) is 8.91. The minimum Gasteiger partial charge on any atom is -0.491 e. The first-order chi connectivity index (χ1) is 9.04. The van der Waals surface area contributed by atoms with Gasteiger partial charge in [-0.2, -0.15) is 0 Å². The number of methoxy groups -OCH3 is 1. The molecule has 0 heterocycles. The van der Waals surface area contributed by atoms with E-state index in [9.17, 15) is 0 Å². The zero-order valence-corrected chi connectivity index (χ0v) is 12.8. The van der Waals surface area contributed by atoms with Crippen molar-refractivity contribution < 1.29 is 9.47 Å². The van der Waals surface area contributed by atoms with Crippen LogP contribution in [0.4, 0.5) is 0 Å². The predicted molar refractivity (Wildman–Crippen MR) is 79.7 cm³/mol. The van der Waals surface area contributed by atoms with Gasteiger partial charge in [-0.3, -0.25) is 0 Å². The molecule has 0 aliphatic rings. The number of ether oxygens (including phenoxy) is 2. The van der Waals surface area contributed by atoms with E-state index < -0.39 is 0 Å². The SMILES string of the molecule is COCCC(C)NC(C)c1ccccc1OC(C)C. The van der Waals surface area contributed by atoms with Crippen molar-refractivity contribution in [3.05, 3.63) is 29.8 Å². The molecule has 3 heteroatoms. The Balaban J connectivity index is 2.67. The van der Waals surface area contributed by atoms with Crippen LogP contribution in [0.1, 0.15) is 45.7 Å². The Kier molecular flexibility index (Phi) is 6.89. The van der Waals surface area contributed by atoms with Crippen LogP contribution in [0.2, 0.25) is 0 Å². The van der Waals surface area contributed by atoms with Crippen LogP contribution in [0.5, 0.6) is 5.75 Å². The summed E-state index contributed by atoms with van der Waals surface area (Å²) < 4.78 is 11.0. The molecule has 3 nitrogen and oxygen atoms in total. The second-order valence-electron chi connectivity index (χ2n) is 5.28. The van der Waals surface area contributed by atoms with Gasteiger partial charge < -0.3 is 14.8 Å². The molecule has 0 aliphatic carbocycles. The van der Waals surface area contributed by atoms with Gasteiger partial charge in [0.2, 0.25) is 0 Å². The third kappa shape index (κ3) is 5.62. The van der Waals surface area contributed by atoms with E-state index in [4.69, 9.17) is 9.47 Å². The van der Waals surface area contributed by atoms with Gasteiger partial charge in [-0.1, -0.05) is 18.2 Å². The average Bonchev–Trinajstić information content (AvgIpc) is 2.36. The summed E-state index contributed by atoms with van der Waals surface area (Å²) in [6.07, 6.45) is 1.20. The first-order valence-electron chi connectivity index (χ1n) is 7.05. The topological polar surface area (TPSA) is 30.5 Å². The molecule has 0 fully saturated rings. The largest absolute Gasteiger partial charge is 0.491 e. The highest BCUT2D eigenvalue weighted by Crippen LogP contribution is 2.26. The highest BCUT2D eigenvalue weighted by molar-refractivity contribution is 5.35. The van der Waals surface area contributed by atoms with Crippen molar-refractivity contribution in [3.8, 4) is 5.75 Å². The Morgan fingerprint density at radius 3 is 2.42 bits per heavy atom. The minimum absolute atomic E-state index is 0.194. The van der Waals surface area contributed by atoms with E-state index in [1.807, 2.05) is 12.1 Å². The van der Waals surface area contributed by atoms with Crippen molar-refractivity contribution in [1.82, 2.24) is 5.32 Å².